The van der Waals surface area contributed by atoms with Gasteiger partial charge in [-0.15, -0.1) is 0 Å². The first-order chi connectivity index (χ1) is 24.2. The predicted octanol–water partition coefficient (Wildman–Crippen LogP) is 4.55. The number of carbonyl (C=O) groups is 1. The number of hydrogen-bond acceptors (Lipinski definition) is 10. The van der Waals surface area contributed by atoms with Crippen LogP contribution in [0.3, 0.4) is 0 Å². The highest BCUT2D eigenvalue weighted by molar-refractivity contribution is 5.98. The maximum atomic E-state index is 14.2. The number of ether oxygens (including phenoxy) is 2. The Hall–Kier alpha value is -3.83. The summed E-state index contributed by atoms with van der Waals surface area (Å²) in [7, 11) is 0. The lowest BCUT2D eigenvalue weighted by Gasteiger charge is -2.31. The Labute approximate surface area is 288 Å². The topological polar surface area (TPSA) is 113 Å². The number of nitrogens with zero attached hydrogens (tertiary/aromatic N) is 3. The maximum Gasteiger partial charge on any atom is 0.381 e. The Kier molecular flexibility index (Phi) is 9.89. The molecule has 0 bridgehead atoms. The van der Waals surface area contributed by atoms with Gasteiger partial charge < -0.3 is 35.6 Å². The summed E-state index contributed by atoms with van der Waals surface area (Å²) in [4.78, 5) is 26.1. The zero-order valence-corrected chi connectivity index (χ0v) is 28.4. The second-order valence-corrected chi connectivity index (χ2v) is 14.1. The lowest BCUT2D eigenvalue weighted by molar-refractivity contribution is 0.0720. The molecule has 8 rings (SSSR count). The molecule has 0 aliphatic carbocycles. The van der Waals surface area contributed by atoms with Gasteiger partial charge in [0.05, 0.1) is 11.1 Å². The van der Waals surface area contributed by atoms with Crippen molar-refractivity contribution in [2.24, 2.45) is 5.92 Å². The molecule has 10 nitrogen and oxygen atoms in total. The van der Waals surface area contributed by atoms with E-state index in [1.807, 2.05) is 6.07 Å². The third kappa shape index (κ3) is 7.10. The molecule has 0 atom stereocenters. The molecule has 5 heterocycles. The van der Waals surface area contributed by atoms with E-state index in [0.29, 0.717) is 17.6 Å². The molecule has 0 radical (unpaired) electrons. The highest BCUT2D eigenvalue weighted by atomic mass is 16.5. The summed E-state index contributed by atoms with van der Waals surface area (Å²) < 4.78 is 13.0. The fourth-order valence-corrected chi connectivity index (χ4v) is 8.31. The molecule has 0 unspecified atom stereocenters. The minimum absolute atomic E-state index is 0.0761. The number of piperidine rings is 3. The summed E-state index contributed by atoms with van der Waals surface area (Å²) in [5.41, 5.74) is 4.12. The van der Waals surface area contributed by atoms with Gasteiger partial charge in [0.2, 0.25) is 5.82 Å². The number of fused-ring (bicyclic) bond motifs is 2. The van der Waals surface area contributed by atoms with Crippen LogP contribution in [0, 0.1) is 5.92 Å². The Morgan fingerprint density at radius 1 is 0.755 bits per heavy atom. The first-order valence-corrected chi connectivity index (χ1v) is 18.5. The first kappa shape index (κ1) is 32.4. The average molecular weight is 664 g/mol. The second kappa shape index (κ2) is 15.0. The van der Waals surface area contributed by atoms with Gasteiger partial charge in [-0.2, -0.15) is 0 Å². The Bertz CT molecular complexity index is 1770. The van der Waals surface area contributed by atoms with Crippen molar-refractivity contribution in [3.8, 4) is 11.5 Å². The first-order valence-electron chi connectivity index (χ1n) is 18.5. The SMILES string of the molecule is O=C(Oc1cc(CC2CCNCC2)c2ccccc2c1C1CCNCC1)c1ncc2c(OC3CCNCC3)ccc(N3CCNCC3)c2n1. The van der Waals surface area contributed by atoms with Gasteiger partial charge in [-0.3, -0.25) is 0 Å². The van der Waals surface area contributed by atoms with Gasteiger partial charge in [0, 0.05) is 37.9 Å². The Morgan fingerprint density at radius 3 is 2.18 bits per heavy atom. The van der Waals surface area contributed by atoms with E-state index in [1.165, 1.54) is 16.3 Å². The molecule has 4 fully saturated rings. The van der Waals surface area contributed by atoms with Crippen LogP contribution in [0.25, 0.3) is 21.7 Å². The molecule has 4 aromatic rings. The molecule has 0 saturated carbocycles. The molecule has 49 heavy (non-hydrogen) atoms. The number of hydrogen-bond donors (Lipinski definition) is 4. The van der Waals surface area contributed by atoms with Gasteiger partial charge in [-0.1, -0.05) is 24.3 Å². The molecule has 0 amide bonds. The van der Waals surface area contributed by atoms with Crippen molar-refractivity contribution in [2.45, 2.75) is 57.0 Å². The monoisotopic (exact) mass is 663 g/mol. The van der Waals surface area contributed by atoms with Crippen LogP contribution in [0.5, 0.6) is 11.5 Å². The van der Waals surface area contributed by atoms with Crippen LogP contribution in [0.4, 0.5) is 5.69 Å². The predicted molar refractivity (Wildman–Crippen MR) is 194 cm³/mol. The van der Waals surface area contributed by atoms with Gasteiger partial charge in [-0.25, -0.2) is 14.8 Å². The van der Waals surface area contributed by atoms with E-state index in [9.17, 15) is 4.79 Å². The Morgan fingerprint density at radius 2 is 1.43 bits per heavy atom. The van der Waals surface area contributed by atoms with Crippen molar-refractivity contribution in [3.63, 3.8) is 0 Å². The molecule has 0 spiro atoms. The van der Waals surface area contributed by atoms with Crippen LogP contribution >= 0.6 is 0 Å². The minimum Gasteiger partial charge on any atom is -0.490 e. The van der Waals surface area contributed by atoms with Crippen LogP contribution in [-0.4, -0.2) is 87.5 Å². The lowest BCUT2D eigenvalue weighted by atomic mass is 9.82. The average Bonchev–Trinajstić information content (AvgIpc) is 3.16. The summed E-state index contributed by atoms with van der Waals surface area (Å²) in [6.45, 7) is 9.43. The summed E-state index contributed by atoms with van der Waals surface area (Å²) in [6.07, 6.45) is 9.10. The number of benzene rings is 3. The van der Waals surface area contributed by atoms with Crippen molar-refractivity contribution < 1.29 is 14.3 Å². The summed E-state index contributed by atoms with van der Waals surface area (Å²) >= 11 is 0. The maximum absolute atomic E-state index is 14.2. The van der Waals surface area contributed by atoms with Crippen LogP contribution in [0.1, 0.15) is 66.2 Å². The highest BCUT2D eigenvalue weighted by Gasteiger charge is 2.28. The third-order valence-electron chi connectivity index (χ3n) is 11.0. The smallest absolute Gasteiger partial charge is 0.381 e. The zero-order valence-electron chi connectivity index (χ0n) is 28.4. The number of esters is 1. The lowest BCUT2D eigenvalue weighted by Crippen LogP contribution is -2.43. The van der Waals surface area contributed by atoms with E-state index in [2.05, 4.69) is 67.5 Å². The number of rotatable bonds is 8. The van der Waals surface area contributed by atoms with E-state index in [-0.39, 0.29) is 11.9 Å². The van der Waals surface area contributed by atoms with Gasteiger partial charge in [0.15, 0.2) is 0 Å². The fourth-order valence-electron chi connectivity index (χ4n) is 8.31. The van der Waals surface area contributed by atoms with E-state index < -0.39 is 5.97 Å². The fraction of sp³-hybridized carbons (Fsp3) is 0.513. The largest absolute Gasteiger partial charge is 0.490 e. The van der Waals surface area contributed by atoms with E-state index in [0.717, 1.165) is 138 Å². The van der Waals surface area contributed by atoms with Crippen molar-refractivity contribution in [2.75, 3.05) is 70.3 Å². The molecule has 10 heteroatoms. The molecule has 4 aliphatic rings. The number of piperazine rings is 1. The molecule has 258 valence electrons. The van der Waals surface area contributed by atoms with E-state index in [4.69, 9.17) is 14.5 Å². The van der Waals surface area contributed by atoms with Gasteiger partial charge >= 0.3 is 5.97 Å². The molecular formula is C39H49N7O3. The van der Waals surface area contributed by atoms with Gasteiger partial charge in [0.25, 0.3) is 0 Å². The second-order valence-electron chi connectivity index (χ2n) is 14.1. The molecule has 4 N–H and O–H groups in total. The zero-order chi connectivity index (χ0) is 33.0. The molecular weight excluding hydrogens is 614 g/mol. The van der Waals surface area contributed by atoms with Crippen molar-refractivity contribution in [3.05, 3.63) is 65.6 Å². The number of carbonyl (C=O) groups excluding carboxylic acids is 1. The highest BCUT2D eigenvalue weighted by Crippen LogP contribution is 2.42. The molecule has 4 aliphatic heterocycles. The standard InChI is InChI=1S/C39H49N7O3/c47-39(38-44-25-32-34(48-29-11-17-42-18-12-29)6-5-33(37(32)45-38)46-21-19-43-20-22-46)49-35-24-28(23-26-7-13-40-14-8-26)30-3-1-2-4-31(30)36(35)27-9-15-41-16-10-27/h1-6,24-27,29,40-43H,7-23H2. The molecule has 1 aromatic heterocycles. The summed E-state index contributed by atoms with van der Waals surface area (Å²) in [5.74, 6) is 1.89. The number of aromatic nitrogens is 2. The van der Waals surface area contributed by atoms with Crippen LogP contribution < -0.4 is 35.6 Å². The summed E-state index contributed by atoms with van der Waals surface area (Å²) in [6, 6.07) is 15.0. The number of nitrogens with one attached hydrogen (secondary N) is 4. The van der Waals surface area contributed by atoms with E-state index >= 15 is 0 Å². The van der Waals surface area contributed by atoms with E-state index in [1.54, 1.807) is 6.20 Å². The molecule has 4 saturated heterocycles. The normalized spacial score (nSPS) is 20.1. The van der Waals surface area contributed by atoms with Gasteiger partial charge in [-0.05, 0) is 131 Å². The van der Waals surface area contributed by atoms with Crippen molar-refractivity contribution >= 4 is 33.3 Å². The summed E-state index contributed by atoms with van der Waals surface area (Å²) in [5, 5.41) is 17.2. The number of anilines is 1. The van der Waals surface area contributed by atoms with Crippen LogP contribution in [-0.2, 0) is 6.42 Å². The van der Waals surface area contributed by atoms with Crippen LogP contribution in [0.2, 0.25) is 0 Å². The Balaban J connectivity index is 1.17. The van der Waals surface area contributed by atoms with Crippen LogP contribution in [0.15, 0.2) is 48.7 Å². The van der Waals surface area contributed by atoms with Crippen molar-refractivity contribution in [1.82, 2.24) is 31.2 Å². The minimum atomic E-state index is -0.517. The third-order valence-corrected chi connectivity index (χ3v) is 11.0. The van der Waals surface area contributed by atoms with Gasteiger partial charge in [0.1, 0.15) is 23.1 Å². The molecule has 3 aromatic carbocycles. The quantitative estimate of drug-likeness (QED) is 0.158. The van der Waals surface area contributed by atoms with Crippen molar-refractivity contribution in [1.29, 1.82) is 0 Å².